The Kier molecular flexibility index (Phi) is 5.53. The Morgan fingerprint density at radius 3 is 2.94 bits per heavy atom. The van der Waals surface area contributed by atoms with E-state index in [1.807, 2.05) is 11.9 Å². The van der Waals surface area contributed by atoms with Gasteiger partial charge in [0, 0.05) is 19.6 Å². The summed E-state index contributed by atoms with van der Waals surface area (Å²) in [5.41, 5.74) is 0. The van der Waals surface area contributed by atoms with Crippen LogP contribution in [-0.4, -0.2) is 37.0 Å². The SMILES string of the molecule is C=CCNCC(=O)N(C)C1CCCC(C)C1. The van der Waals surface area contributed by atoms with Crippen molar-refractivity contribution in [1.82, 2.24) is 10.2 Å². The van der Waals surface area contributed by atoms with Gasteiger partial charge in [-0.15, -0.1) is 6.58 Å². The van der Waals surface area contributed by atoms with Crippen molar-refractivity contribution in [2.45, 2.75) is 38.6 Å². The average molecular weight is 224 g/mol. The van der Waals surface area contributed by atoms with Gasteiger partial charge >= 0.3 is 0 Å². The summed E-state index contributed by atoms with van der Waals surface area (Å²) in [5, 5.41) is 3.06. The summed E-state index contributed by atoms with van der Waals surface area (Å²) < 4.78 is 0. The highest BCUT2D eigenvalue weighted by Crippen LogP contribution is 2.26. The van der Waals surface area contributed by atoms with E-state index in [-0.39, 0.29) is 5.91 Å². The quantitative estimate of drug-likeness (QED) is 0.570. The van der Waals surface area contributed by atoms with E-state index in [0.717, 1.165) is 18.8 Å². The molecular formula is C13H24N2O. The summed E-state index contributed by atoms with van der Waals surface area (Å²) in [6.45, 7) is 7.01. The van der Waals surface area contributed by atoms with E-state index in [0.29, 0.717) is 19.1 Å². The Hall–Kier alpha value is -0.830. The number of nitrogens with zero attached hydrogens (tertiary/aromatic N) is 1. The van der Waals surface area contributed by atoms with Crippen LogP contribution in [-0.2, 0) is 4.79 Å². The smallest absolute Gasteiger partial charge is 0.236 e. The fourth-order valence-electron chi connectivity index (χ4n) is 2.36. The monoisotopic (exact) mass is 224 g/mol. The molecule has 0 aromatic rings. The number of nitrogens with one attached hydrogen (secondary N) is 1. The van der Waals surface area contributed by atoms with Crippen LogP contribution in [0.3, 0.4) is 0 Å². The average Bonchev–Trinajstić information content (AvgIpc) is 2.28. The molecule has 1 saturated carbocycles. The first kappa shape index (κ1) is 13.2. The molecule has 0 bridgehead atoms. The lowest BCUT2D eigenvalue weighted by molar-refractivity contribution is -0.131. The molecule has 3 nitrogen and oxygen atoms in total. The third-order valence-electron chi connectivity index (χ3n) is 3.41. The first-order valence-electron chi connectivity index (χ1n) is 6.22. The lowest BCUT2D eigenvalue weighted by Crippen LogP contribution is -2.43. The van der Waals surface area contributed by atoms with Crippen molar-refractivity contribution in [2.24, 2.45) is 5.92 Å². The molecular weight excluding hydrogens is 200 g/mol. The van der Waals surface area contributed by atoms with Crippen molar-refractivity contribution in [1.29, 1.82) is 0 Å². The fourth-order valence-corrected chi connectivity index (χ4v) is 2.36. The Labute approximate surface area is 98.9 Å². The maximum absolute atomic E-state index is 11.9. The Bertz CT molecular complexity index is 240. The zero-order chi connectivity index (χ0) is 12.0. The molecule has 16 heavy (non-hydrogen) atoms. The van der Waals surface area contributed by atoms with Crippen molar-refractivity contribution in [3.05, 3.63) is 12.7 Å². The maximum Gasteiger partial charge on any atom is 0.236 e. The largest absolute Gasteiger partial charge is 0.342 e. The van der Waals surface area contributed by atoms with Crippen LogP contribution < -0.4 is 5.32 Å². The van der Waals surface area contributed by atoms with Gasteiger partial charge in [0.1, 0.15) is 0 Å². The molecule has 1 rings (SSSR count). The molecule has 0 radical (unpaired) electrons. The van der Waals surface area contributed by atoms with Gasteiger partial charge in [-0.2, -0.15) is 0 Å². The van der Waals surface area contributed by atoms with Crippen LogP contribution in [0.2, 0.25) is 0 Å². The highest BCUT2D eigenvalue weighted by molar-refractivity contribution is 5.78. The van der Waals surface area contributed by atoms with Gasteiger partial charge in [0.15, 0.2) is 0 Å². The van der Waals surface area contributed by atoms with Gasteiger partial charge < -0.3 is 10.2 Å². The van der Waals surface area contributed by atoms with E-state index in [1.54, 1.807) is 6.08 Å². The van der Waals surface area contributed by atoms with Gasteiger partial charge in [0.05, 0.1) is 6.54 Å². The summed E-state index contributed by atoms with van der Waals surface area (Å²) in [6.07, 6.45) is 6.66. The molecule has 0 aliphatic heterocycles. The van der Waals surface area contributed by atoms with Crippen molar-refractivity contribution < 1.29 is 4.79 Å². The molecule has 2 atom stereocenters. The van der Waals surface area contributed by atoms with E-state index in [2.05, 4.69) is 18.8 Å². The zero-order valence-corrected chi connectivity index (χ0v) is 10.5. The maximum atomic E-state index is 11.9. The van der Waals surface area contributed by atoms with Crippen LogP contribution in [0.5, 0.6) is 0 Å². The second-order valence-corrected chi connectivity index (χ2v) is 4.85. The molecule has 0 aromatic heterocycles. The van der Waals surface area contributed by atoms with Crippen molar-refractivity contribution in [2.75, 3.05) is 20.1 Å². The second-order valence-electron chi connectivity index (χ2n) is 4.85. The predicted molar refractivity (Wildman–Crippen MR) is 67.3 cm³/mol. The van der Waals surface area contributed by atoms with Crippen LogP contribution in [0.25, 0.3) is 0 Å². The van der Waals surface area contributed by atoms with Crippen LogP contribution in [0.4, 0.5) is 0 Å². The Morgan fingerprint density at radius 1 is 1.56 bits per heavy atom. The zero-order valence-electron chi connectivity index (χ0n) is 10.5. The first-order chi connectivity index (χ1) is 7.65. The molecule has 1 amide bonds. The lowest BCUT2D eigenvalue weighted by Gasteiger charge is -2.34. The third kappa shape index (κ3) is 3.97. The second kappa shape index (κ2) is 6.69. The van der Waals surface area contributed by atoms with E-state index >= 15 is 0 Å². The minimum absolute atomic E-state index is 0.195. The third-order valence-corrected chi connectivity index (χ3v) is 3.41. The van der Waals surface area contributed by atoms with E-state index < -0.39 is 0 Å². The molecule has 1 aliphatic rings. The van der Waals surface area contributed by atoms with Gasteiger partial charge in [-0.1, -0.05) is 25.8 Å². The van der Waals surface area contributed by atoms with Gasteiger partial charge in [0.25, 0.3) is 0 Å². The summed E-state index contributed by atoms with van der Waals surface area (Å²) >= 11 is 0. The first-order valence-corrected chi connectivity index (χ1v) is 6.22. The van der Waals surface area contributed by atoms with Crippen molar-refractivity contribution in [3.8, 4) is 0 Å². The minimum atomic E-state index is 0.195. The molecule has 0 spiro atoms. The standard InChI is InChI=1S/C13H24N2O/c1-4-8-14-10-13(16)15(3)12-7-5-6-11(2)9-12/h4,11-12,14H,1,5-10H2,2-3H3. The molecule has 1 N–H and O–H groups in total. The fraction of sp³-hybridized carbons (Fsp3) is 0.769. The topological polar surface area (TPSA) is 32.3 Å². The lowest BCUT2D eigenvalue weighted by atomic mass is 9.86. The minimum Gasteiger partial charge on any atom is -0.342 e. The Morgan fingerprint density at radius 2 is 2.31 bits per heavy atom. The number of hydrogen-bond acceptors (Lipinski definition) is 2. The van der Waals surface area contributed by atoms with Gasteiger partial charge in [0.2, 0.25) is 5.91 Å². The van der Waals surface area contributed by atoms with Gasteiger partial charge in [-0.3, -0.25) is 4.79 Å². The summed E-state index contributed by atoms with van der Waals surface area (Å²) in [7, 11) is 1.93. The highest BCUT2D eigenvalue weighted by Gasteiger charge is 2.24. The van der Waals surface area contributed by atoms with Gasteiger partial charge in [-0.25, -0.2) is 0 Å². The van der Waals surface area contributed by atoms with Crippen LogP contribution in [0.1, 0.15) is 32.6 Å². The molecule has 1 fully saturated rings. The van der Waals surface area contributed by atoms with Crippen molar-refractivity contribution in [3.63, 3.8) is 0 Å². The summed E-state index contributed by atoms with van der Waals surface area (Å²) in [4.78, 5) is 13.8. The summed E-state index contributed by atoms with van der Waals surface area (Å²) in [5.74, 6) is 0.955. The molecule has 1 aliphatic carbocycles. The molecule has 3 heteroatoms. The van der Waals surface area contributed by atoms with Gasteiger partial charge in [-0.05, 0) is 18.8 Å². The molecule has 0 heterocycles. The number of carbonyl (C=O) groups is 1. The molecule has 0 saturated heterocycles. The highest BCUT2D eigenvalue weighted by atomic mass is 16.2. The Balaban J connectivity index is 2.33. The summed E-state index contributed by atoms with van der Waals surface area (Å²) in [6, 6.07) is 0.446. The number of likely N-dealkylation sites (N-methyl/N-ethyl adjacent to an activating group) is 1. The number of rotatable bonds is 5. The van der Waals surface area contributed by atoms with Crippen LogP contribution >= 0.6 is 0 Å². The number of hydrogen-bond donors (Lipinski definition) is 1. The molecule has 0 aromatic carbocycles. The predicted octanol–water partition coefficient (Wildman–Crippen LogP) is 1.80. The van der Waals surface area contributed by atoms with E-state index in [1.165, 1.54) is 12.8 Å². The molecule has 92 valence electrons. The van der Waals surface area contributed by atoms with Crippen LogP contribution in [0.15, 0.2) is 12.7 Å². The van der Waals surface area contributed by atoms with E-state index in [9.17, 15) is 4.79 Å². The number of amides is 1. The normalized spacial score (nSPS) is 25.1. The molecule has 2 unspecified atom stereocenters. The van der Waals surface area contributed by atoms with Crippen LogP contribution in [0, 0.1) is 5.92 Å². The number of carbonyl (C=O) groups excluding carboxylic acids is 1. The van der Waals surface area contributed by atoms with Crippen molar-refractivity contribution >= 4 is 5.91 Å². The van der Waals surface area contributed by atoms with E-state index in [4.69, 9.17) is 0 Å².